The summed E-state index contributed by atoms with van der Waals surface area (Å²) >= 11 is 0. The minimum Gasteiger partial charge on any atom is -0.427 e. The van der Waals surface area contributed by atoms with Crippen molar-refractivity contribution >= 4 is 17.7 Å². The quantitative estimate of drug-likeness (QED) is 0.626. The van der Waals surface area contributed by atoms with Gasteiger partial charge in [-0.15, -0.1) is 0 Å². The van der Waals surface area contributed by atoms with Crippen LogP contribution in [0.2, 0.25) is 0 Å². The van der Waals surface area contributed by atoms with Crippen LogP contribution in [-0.2, 0) is 11.2 Å². The minimum absolute atomic E-state index is 0.271. The van der Waals surface area contributed by atoms with Gasteiger partial charge >= 0.3 is 5.97 Å². The molecule has 4 heteroatoms. The van der Waals surface area contributed by atoms with Gasteiger partial charge in [0.05, 0.1) is 0 Å². The van der Waals surface area contributed by atoms with Crippen LogP contribution in [-0.4, -0.2) is 43.6 Å². The number of para-hydroxylation sites is 1. The molecule has 2 aromatic rings. The third-order valence-corrected chi connectivity index (χ3v) is 5.07. The molecule has 134 valence electrons. The molecule has 2 aromatic carbocycles. The molecule has 1 aliphatic heterocycles. The molecule has 4 rings (SSSR count). The van der Waals surface area contributed by atoms with Crippen LogP contribution in [0.15, 0.2) is 54.1 Å². The number of benzene rings is 2. The Balaban J connectivity index is 1.32. The molecule has 0 amide bonds. The van der Waals surface area contributed by atoms with Crippen LogP contribution in [0, 0.1) is 0 Å². The number of ether oxygens (including phenoxy) is 1. The van der Waals surface area contributed by atoms with Crippen molar-refractivity contribution in [1.29, 1.82) is 0 Å². The van der Waals surface area contributed by atoms with E-state index in [9.17, 15) is 4.79 Å². The van der Waals surface area contributed by atoms with Crippen LogP contribution in [0.4, 0.5) is 5.69 Å². The van der Waals surface area contributed by atoms with Gasteiger partial charge in [-0.3, -0.25) is 9.69 Å². The fourth-order valence-electron chi connectivity index (χ4n) is 3.81. The standard InChI is InChI=1S/C22H24N2O2/c1-17(25)26-22-8-7-19-13-18(14-20(19)15-22)16-23-9-11-24(12-10-23)21-5-3-2-4-6-21/h2-8,13,15H,9-12,14,16H2,1H3. The van der Waals surface area contributed by atoms with Crippen LogP contribution in [0.1, 0.15) is 18.1 Å². The van der Waals surface area contributed by atoms with Crippen molar-refractivity contribution in [2.24, 2.45) is 0 Å². The largest absolute Gasteiger partial charge is 0.427 e. The number of hydrogen-bond acceptors (Lipinski definition) is 4. The minimum atomic E-state index is -0.271. The Labute approximate surface area is 154 Å². The van der Waals surface area contributed by atoms with Crippen molar-refractivity contribution in [3.63, 3.8) is 0 Å². The molecule has 1 saturated heterocycles. The van der Waals surface area contributed by atoms with E-state index >= 15 is 0 Å². The van der Waals surface area contributed by atoms with Crippen LogP contribution in [0.5, 0.6) is 5.75 Å². The number of carbonyl (C=O) groups excluding carboxylic acids is 1. The molecule has 0 N–H and O–H groups in total. The van der Waals surface area contributed by atoms with Crippen molar-refractivity contribution in [3.05, 3.63) is 65.2 Å². The number of carbonyl (C=O) groups is 1. The zero-order valence-corrected chi connectivity index (χ0v) is 15.1. The van der Waals surface area contributed by atoms with E-state index in [1.165, 1.54) is 29.3 Å². The first-order valence-corrected chi connectivity index (χ1v) is 9.20. The zero-order valence-electron chi connectivity index (χ0n) is 15.1. The lowest BCUT2D eigenvalue weighted by Gasteiger charge is -2.36. The molecule has 0 unspecified atom stereocenters. The van der Waals surface area contributed by atoms with Crippen molar-refractivity contribution < 1.29 is 9.53 Å². The highest BCUT2D eigenvalue weighted by Gasteiger charge is 2.20. The smallest absolute Gasteiger partial charge is 0.308 e. The van der Waals surface area contributed by atoms with Gasteiger partial charge in [-0.25, -0.2) is 0 Å². The summed E-state index contributed by atoms with van der Waals surface area (Å²) in [5.74, 6) is 0.370. The third kappa shape index (κ3) is 3.81. The molecule has 2 aliphatic rings. The summed E-state index contributed by atoms with van der Waals surface area (Å²) in [6.07, 6.45) is 3.24. The van der Waals surface area contributed by atoms with E-state index in [1.807, 2.05) is 18.2 Å². The molecular formula is C22H24N2O2. The maximum atomic E-state index is 11.1. The Hall–Kier alpha value is -2.59. The summed E-state index contributed by atoms with van der Waals surface area (Å²) < 4.78 is 5.20. The van der Waals surface area contributed by atoms with Crippen molar-refractivity contribution in [3.8, 4) is 5.75 Å². The molecule has 0 bridgehead atoms. The van der Waals surface area contributed by atoms with Gasteiger partial charge in [0.2, 0.25) is 0 Å². The first-order valence-electron chi connectivity index (χ1n) is 9.20. The van der Waals surface area contributed by atoms with Crippen molar-refractivity contribution in [2.75, 3.05) is 37.6 Å². The van der Waals surface area contributed by atoms with Gasteiger partial charge < -0.3 is 9.64 Å². The average Bonchev–Trinajstić information content (AvgIpc) is 3.04. The molecule has 1 fully saturated rings. The molecule has 0 saturated carbocycles. The number of hydrogen-bond donors (Lipinski definition) is 0. The maximum absolute atomic E-state index is 11.1. The van der Waals surface area contributed by atoms with E-state index < -0.39 is 0 Å². The van der Waals surface area contributed by atoms with Gasteiger partial charge in [-0.05, 0) is 41.8 Å². The summed E-state index contributed by atoms with van der Waals surface area (Å²) in [7, 11) is 0. The van der Waals surface area contributed by atoms with Crippen LogP contribution in [0.3, 0.4) is 0 Å². The van der Waals surface area contributed by atoms with Gasteiger partial charge in [0.15, 0.2) is 0 Å². The highest BCUT2D eigenvalue weighted by atomic mass is 16.5. The van der Waals surface area contributed by atoms with E-state index in [0.717, 1.165) is 39.1 Å². The number of nitrogens with zero attached hydrogens (tertiary/aromatic N) is 2. The lowest BCUT2D eigenvalue weighted by atomic mass is 10.1. The Morgan fingerprint density at radius 1 is 1.04 bits per heavy atom. The van der Waals surface area contributed by atoms with Crippen LogP contribution < -0.4 is 9.64 Å². The Kier molecular flexibility index (Phi) is 4.76. The normalized spacial score (nSPS) is 17.0. The number of esters is 1. The first kappa shape index (κ1) is 16.9. The molecule has 4 nitrogen and oxygen atoms in total. The fraction of sp³-hybridized carbons (Fsp3) is 0.318. The summed E-state index contributed by atoms with van der Waals surface area (Å²) in [5, 5.41) is 0. The Bertz CT molecular complexity index is 821. The number of piperazine rings is 1. The second-order valence-electron chi connectivity index (χ2n) is 7.03. The van der Waals surface area contributed by atoms with E-state index in [-0.39, 0.29) is 5.97 Å². The monoisotopic (exact) mass is 348 g/mol. The number of rotatable bonds is 4. The van der Waals surface area contributed by atoms with Crippen LogP contribution >= 0.6 is 0 Å². The van der Waals surface area contributed by atoms with Gasteiger partial charge in [-0.1, -0.05) is 35.9 Å². The fourth-order valence-corrected chi connectivity index (χ4v) is 3.81. The number of anilines is 1. The predicted molar refractivity (Wildman–Crippen MR) is 105 cm³/mol. The molecule has 0 radical (unpaired) electrons. The molecule has 0 atom stereocenters. The van der Waals surface area contributed by atoms with Gasteiger partial charge in [0.1, 0.15) is 5.75 Å². The lowest BCUT2D eigenvalue weighted by molar-refractivity contribution is -0.131. The molecule has 1 heterocycles. The molecule has 26 heavy (non-hydrogen) atoms. The second-order valence-corrected chi connectivity index (χ2v) is 7.03. The maximum Gasteiger partial charge on any atom is 0.308 e. The van der Waals surface area contributed by atoms with Gasteiger partial charge in [-0.2, -0.15) is 0 Å². The van der Waals surface area contributed by atoms with Gasteiger partial charge in [0.25, 0.3) is 0 Å². The van der Waals surface area contributed by atoms with E-state index in [0.29, 0.717) is 5.75 Å². The zero-order chi connectivity index (χ0) is 17.9. The van der Waals surface area contributed by atoms with E-state index in [1.54, 1.807) is 0 Å². The highest BCUT2D eigenvalue weighted by Crippen LogP contribution is 2.29. The lowest BCUT2D eigenvalue weighted by Crippen LogP contribution is -2.46. The SMILES string of the molecule is CC(=O)Oc1ccc2c(c1)CC(CN1CCN(c3ccccc3)CC1)=C2. The summed E-state index contributed by atoms with van der Waals surface area (Å²) in [6, 6.07) is 16.6. The van der Waals surface area contributed by atoms with Crippen molar-refractivity contribution in [1.82, 2.24) is 4.90 Å². The second kappa shape index (κ2) is 7.34. The predicted octanol–water partition coefficient (Wildman–Crippen LogP) is 3.37. The number of fused-ring (bicyclic) bond motifs is 1. The topological polar surface area (TPSA) is 32.8 Å². The first-order chi connectivity index (χ1) is 12.7. The molecular weight excluding hydrogens is 324 g/mol. The summed E-state index contributed by atoms with van der Waals surface area (Å²) in [5.41, 5.74) is 5.26. The van der Waals surface area contributed by atoms with Crippen molar-refractivity contribution in [2.45, 2.75) is 13.3 Å². The summed E-state index contributed by atoms with van der Waals surface area (Å²) in [4.78, 5) is 16.1. The van der Waals surface area contributed by atoms with Crippen LogP contribution in [0.25, 0.3) is 6.08 Å². The Morgan fingerprint density at radius 2 is 1.81 bits per heavy atom. The highest BCUT2D eigenvalue weighted by molar-refractivity contribution is 5.71. The third-order valence-electron chi connectivity index (χ3n) is 5.07. The average molecular weight is 348 g/mol. The van der Waals surface area contributed by atoms with E-state index in [4.69, 9.17) is 4.74 Å². The van der Waals surface area contributed by atoms with Gasteiger partial charge in [0, 0.05) is 45.3 Å². The molecule has 0 aromatic heterocycles. The molecule has 1 aliphatic carbocycles. The summed E-state index contributed by atoms with van der Waals surface area (Å²) in [6.45, 7) is 6.76. The molecule has 0 spiro atoms. The van der Waals surface area contributed by atoms with E-state index in [2.05, 4.69) is 46.2 Å². The Morgan fingerprint density at radius 3 is 2.54 bits per heavy atom.